The van der Waals surface area contributed by atoms with Crippen LogP contribution in [0.15, 0.2) is 16.6 Å². The summed E-state index contributed by atoms with van der Waals surface area (Å²) in [5.41, 5.74) is 0.976. The molecular weight excluding hydrogens is 410 g/mol. The van der Waals surface area contributed by atoms with Crippen LogP contribution in [0.4, 0.5) is 0 Å². The van der Waals surface area contributed by atoms with E-state index in [2.05, 4.69) is 26.1 Å². The van der Waals surface area contributed by atoms with Crippen LogP contribution in [0.1, 0.15) is 30.9 Å². The Morgan fingerprint density at radius 3 is 2.41 bits per heavy atom. The number of hydrogen-bond donors (Lipinski definition) is 2. The number of benzene rings is 1. The van der Waals surface area contributed by atoms with Crippen LogP contribution in [-0.4, -0.2) is 36.2 Å². The van der Waals surface area contributed by atoms with Crippen molar-refractivity contribution in [3.8, 4) is 5.75 Å². The Kier molecular flexibility index (Phi) is 8.27. The van der Waals surface area contributed by atoms with Gasteiger partial charge in [0.25, 0.3) is 0 Å². The van der Waals surface area contributed by atoms with Gasteiger partial charge in [-0.1, -0.05) is 34.0 Å². The fourth-order valence-electron chi connectivity index (χ4n) is 3.27. The summed E-state index contributed by atoms with van der Waals surface area (Å²) in [6.07, 6.45) is 3.78. The molecule has 0 spiro atoms. The Morgan fingerprint density at radius 2 is 1.86 bits per heavy atom. The van der Waals surface area contributed by atoms with E-state index in [1.54, 1.807) is 6.07 Å². The lowest BCUT2D eigenvalue weighted by atomic mass is 9.76. The molecule has 2 fully saturated rings. The van der Waals surface area contributed by atoms with Gasteiger partial charge in [0.15, 0.2) is 0 Å². The molecule has 0 bridgehead atoms. The molecule has 0 radical (unpaired) electrons. The minimum atomic E-state index is 0. The first-order valence-electron chi connectivity index (χ1n) is 7.30. The summed E-state index contributed by atoms with van der Waals surface area (Å²) in [7, 11) is 0. The van der Waals surface area contributed by atoms with Crippen molar-refractivity contribution >= 4 is 52.3 Å². The SMILES string of the molecule is Cl.Cl.Oc1c(Cl)ccc(Br)c1[C@H](C1CCC1)N1CCNCC1. The quantitative estimate of drug-likeness (QED) is 0.743. The van der Waals surface area contributed by atoms with Crippen LogP contribution in [-0.2, 0) is 0 Å². The number of nitrogens with one attached hydrogen (secondary N) is 1. The molecule has 7 heteroatoms. The van der Waals surface area contributed by atoms with Gasteiger partial charge in [-0.05, 0) is 30.9 Å². The Labute approximate surface area is 157 Å². The molecule has 1 aliphatic carbocycles. The second-order valence-electron chi connectivity index (χ2n) is 5.71. The van der Waals surface area contributed by atoms with Gasteiger partial charge in [0.1, 0.15) is 5.75 Å². The van der Waals surface area contributed by atoms with Crippen molar-refractivity contribution in [3.63, 3.8) is 0 Å². The van der Waals surface area contributed by atoms with Gasteiger partial charge >= 0.3 is 0 Å². The van der Waals surface area contributed by atoms with Crippen molar-refractivity contribution < 1.29 is 5.11 Å². The van der Waals surface area contributed by atoms with Crippen molar-refractivity contribution in [1.29, 1.82) is 0 Å². The number of nitrogens with zero attached hydrogens (tertiary/aromatic N) is 1. The number of aromatic hydroxyl groups is 1. The average Bonchev–Trinajstić information content (AvgIpc) is 2.41. The Balaban J connectivity index is 0.00000121. The zero-order valence-corrected chi connectivity index (χ0v) is 16.2. The molecule has 2 N–H and O–H groups in total. The van der Waals surface area contributed by atoms with E-state index in [1.807, 2.05) is 6.07 Å². The first-order valence-corrected chi connectivity index (χ1v) is 8.47. The van der Waals surface area contributed by atoms with Crippen LogP contribution in [0.25, 0.3) is 0 Å². The van der Waals surface area contributed by atoms with E-state index in [4.69, 9.17) is 11.6 Å². The summed E-state index contributed by atoms with van der Waals surface area (Å²) < 4.78 is 0.967. The molecule has 1 aliphatic heterocycles. The molecule has 1 aromatic carbocycles. The number of piperazine rings is 1. The number of phenols is 1. The summed E-state index contributed by atoms with van der Waals surface area (Å²) in [6.45, 7) is 4.09. The summed E-state index contributed by atoms with van der Waals surface area (Å²) in [6, 6.07) is 3.98. The molecule has 3 nitrogen and oxygen atoms in total. The minimum Gasteiger partial charge on any atom is -0.506 e. The molecule has 22 heavy (non-hydrogen) atoms. The highest BCUT2D eigenvalue weighted by molar-refractivity contribution is 9.10. The third-order valence-corrected chi connectivity index (χ3v) is 5.55. The topological polar surface area (TPSA) is 35.5 Å². The Morgan fingerprint density at radius 1 is 1.23 bits per heavy atom. The molecule has 1 heterocycles. The van der Waals surface area contributed by atoms with Crippen LogP contribution in [0.5, 0.6) is 5.75 Å². The summed E-state index contributed by atoms with van der Waals surface area (Å²) in [5, 5.41) is 14.3. The maximum Gasteiger partial charge on any atom is 0.140 e. The van der Waals surface area contributed by atoms with E-state index >= 15 is 0 Å². The van der Waals surface area contributed by atoms with E-state index in [0.717, 1.165) is 36.2 Å². The second kappa shape index (κ2) is 8.95. The molecule has 0 amide bonds. The number of rotatable bonds is 3. The van der Waals surface area contributed by atoms with E-state index in [0.29, 0.717) is 10.9 Å². The minimum absolute atomic E-state index is 0. The van der Waals surface area contributed by atoms with E-state index < -0.39 is 0 Å². The first kappa shape index (κ1) is 20.3. The molecule has 1 aromatic rings. The van der Waals surface area contributed by atoms with Crippen LogP contribution < -0.4 is 5.32 Å². The van der Waals surface area contributed by atoms with Crippen LogP contribution >= 0.6 is 52.3 Å². The monoisotopic (exact) mass is 430 g/mol. The van der Waals surface area contributed by atoms with E-state index in [9.17, 15) is 5.11 Å². The summed E-state index contributed by atoms with van der Waals surface area (Å²) >= 11 is 9.74. The van der Waals surface area contributed by atoms with Crippen molar-refractivity contribution in [2.45, 2.75) is 25.3 Å². The molecule has 2 aliphatic rings. The normalized spacial score (nSPS) is 20.5. The lowest BCUT2D eigenvalue weighted by Crippen LogP contribution is -2.48. The molecule has 0 unspecified atom stereocenters. The Bertz CT molecular complexity index is 494. The average molecular weight is 433 g/mol. The van der Waals surface area contributed by atoms with Crippen molar-refractivity contribution in [2.75, 3.05) is 26.2 Å². The first-order chi connectivity index (χ1) is 9.68. The molecule has 0 aromatic heterocycles. The van der Waals surface area contributed by atoms with E-state index in [1.165, 1.54) is 19.3 Å². The maximum atomic E-state index is 10.4. The highest BCUT2D eigenvalue weighted by atomic mass is 79.9. The molecule has 1 atom stereocenters. The van der Waals surface area contributed by atoms with Gasteiger partial charge in [-0.25, -0.2) is 0 Å². The maximum absolute atomic E-state index is 10.4. The van der Waals surface area contributed by atoms with Gasteiger partial charge in [0, 0.05) is 42.3 Å². The van der Waals surface area contributed by atoms with Crippen molar-refractivity contribution in [1.82, 2.24) is 10.2 Å². The fraction of sp³-hybridized carbons (Fsp3) is 0.600. The zero-order chi connectivity index (χ0) is 14.1. The van der Waals surface area contributed by atoms with Crippen LogP contribution in [0, 0.1) is 5.92 Å². The van der Waals surface area contributed by atoms with Gasteiger partial charge < -0.3 is 10.4 Å². The molecule has 126 valence electrons. The standard InChI is InChI=1S/C15H20BrClN2O.2ClH/c16-11-4-5-12(17)15(20)13(11)14(10-2-1-3-10)19-8-6-18-7-9-19;;/h4-5,10,14,18,20H,1-3,6-9H2;2*1H/t14-;;/m0../s1. The van der Waals surface area contributed by atoms with Crippen molar-refractivity contribution in [2.24, 2.45) is 5.92 Å². The van der Waals surface area contributed by atoms with Crippen LogP contribution in [0.3, 0.4) is 0 Å². The van der Waals surface area contributed by atoms with Gasteiger partial charge in [-0.15, -0.1) is 24.8 Å². The second-order valence-corrected chi connectivity index (χ2v) is 6.97. The van der Waals surface area contributed by atoms with Gasteiger partial charge in [-0.3, -0.25) is 4.90 Å². The lowest BCUT2D eigenvalue weighted by Gasteiger charge is -2.43. The number of hydrogen-bond acceptors (Lipinski definition) is 3. The molecule has 1 saturated heterocycles. The largest absolute Gasteiger partial charge is 0.506 e. The predicted octanol–water partition coefficient (Wildman–Crippen LogP) is 4.40. The fourth-order valence-corrected chi connectivity index (χ4v) is 3.99. The third kappa shape index (κ3) is 4.03. The summed E-state index contributed by atoms with van der Waals surface area (Å²) in [4.78, 5) is 2.50. The highest BCUT2D eigenvalue weighted by Gasteiger charge is 2.36. The van der Waals surface area contributed by atoms with Gasteiger partial charge in [0.05, 0.1) is 5.02 Å². The number of halogens is 4. The molecule has 3 rings (SSSR count). The third-order valence-electron chi connectivity index (χ3n) is 4.55. The van der Waals surface area contributed by atoms with Crippen LogP contribution in [0.2, 0.25) is 5.02 Å². The Hall–Kier alpha value is 0.290. The van der Waals surface area contributed by atoms with Gasteiger partial charge in [-0.2, -0.15) is 0 Å². The van der Waals surface area contributed by atoms with Crippen molar-refractivity contribution in [3.05, 3.63) is 27.2 Å². The highest BCUT2D eigenvalue weighted by Crippen LogP contribution is 2.48. The predicted molar refractivity (Wildman–Crippen MR) is 99.8 cm³/mol. The lowest BCUT2D eigenvalue weighted by molar-refractivity contribution is 0.0814. The zero-order valence-electron chi connectivity index (χ0n) is 12.2. The molecular formula is C15H22BrCl3N2O. The number of phenolic OH excluding ortho intramolecular Hbond substituents is 1. The summed E-state index contributed by atoms with van der Waals surface area (Å²) in [5.74, 6) is 0.880. The van der Waals surface area contributed by atoms with Gasteiger partial charge in [0.2, 0.25) is 0 Å². The smallest absolute Gasteiger partial charge is 0.140 e. The molecule has 1 saturated carbocycles. The van der Waals surface area contributed by atoms with E-state index in [-0.39, 0.29) is 36.6 Å².